The first-order chi connectivity index (χ1) is 16.0. The smallest absolute Gasteiger partial charge is 0.433 e. The summed E-state index contributed by atoms with van der Waals surface area (Å²) in [6.07, 6.45) is -3.25. The third-order valence-corrected chi connectivity index (χ3v) is 5.65. The van der Waals surface area contributed by atoms with Crippen LogP contribution >= 0.6 is 11.6 Å². The summed E-state index contributed by atoms with van der Waals surface area (Å²) in [6, 6.07) is 17.6. The van der Waals surface area contributed by atoms with Crippen molar-refractivity contribution in [1.82, 2.24) is 15.3 Å². The Kier molecular flexibility index (Phi) is 7.82. The number of carbonyl (C=O) groups excluding carboxylic acids is 1. The third kappa shape index (κ3) is 6.70. The van der Waals surface area contributed by atoms with Crippen molar-refractivity contribution in [3.63, 3.8) is 0 Å². The number of nitrogens with one attached hydrogen (secondary N) is 1. The molecule has 9 heteroatoms. The van der Waals surface area contributed by atoms with Gasteiger partial charge in [-0.15, -0.1) is 0 Å². The Labute approximate surface area is 201 Å². The molecule has 180 valence electrons. The average molecular weight is 492 g/mol. The Hall–Kier alpha value is -3.13. The van der Waals surface area contributed by atoms with Crippen LogP contribution in [0.15, 0.2) is 67.0 Å². The predicted octanol–water partition coefficient (Wildman–Crippen LogP) is 5.84. The molecule has 1 amide bonds. The van der Waals surface area contributed by atoms with Crippen LogP contribution in [-0.2, 0) is 17.4 Å². The van der Waals surface area contributed by atoms with Crippen molar-refractivity contribution < 1.29 is 22.7 Å². The zero-order valence-electron chi connectivity index (χ0n) is 18.9. The van der Waals surface area contributed by atoms with Crippen molar-refractivity contribution in [2.75, 3.05) is 0 Å². The highest BCUT2D eigenvalue weighted by molar-refractivity contribution is 6.30. The van der Waals surface area contributed by atoms with Crippen molar-refractivity contribution in [2.45, 2.75) is 50.9 Å². The van der Waals surface area contributed by atoms with E-state index in [9.17, 15) is 18.0 Å². The zero-order chi connectivity index (χ0) is 24.9. The lowest BCUT2D eigenvalue weighted by Crippen LogP contribution is -2.51. The van der Waals surface area contributed by atoms with Gasteiger partial charge in [-0.25, -0.2) is 9.97 Å². The van der Waals surface area contributed by atoms with Crippen molar-refractivity contribution in [3.8, 4) is 5.88 Å². The molecule has 3 rings (SSSR count). The number of halogens is 4. The molecule has 0 aliphatic rings. The van der Waals surface area contributed by atoms with Gasteiger partial charge in [0.1, 0.15) is 6.33 Å². The third-order valence-electron chi connectivity index (χ3n) is 5.40. The summed E-state index contributed by atoms with van der Waals surface area (Å²) in [4.78, 5) is 20.0. The second kappa shape index (κ2) is 10.4. The van der Waals surface area contributed by atoms with Gasteiger partial charge in [0.15, 0.2) is 11.3 Å². The molecule has 0 saturated carbocycles. The fraction of sp³-hybridized carbons (Fsp3) is 0.320. The number of alkyl halides is 3. The van der Waals surface area contributed by atoms with Crippen LogP contribution in [-0.4, -0.2) is 27.5 Å². The summed E-state index contributed by atoms with van der Waals surface area (Å²) in [6.45, 7) is 4.83. The van der Waals surface area contributed by atoms with Crippen LogP contribution in [0.4, 0.5) is 13.2 Å². The maximum atomic E-state index is 13.1. The molecule has 1 N–H and O–H groups in total. The largest absolute Gasteiger partial charge is 0.461 e. The molecule has 5 nitrogen and oxygen atoms in total. The number of benzene rings is 2. The molecule has 0 fully saturated rings. The first kappa shape index (κ1) is 25.5. The van der Waals surface area contributed by atoms with Crippen LogP contribution in [0.2, 0.25) is 5.02 Å². The summed E-state index contributed by atoms with van der Waals surface area (Å²) in [5.41, 5.74) is -0.535. The minimum absolute atomic E-state index is 0.0713. The number of ether oxygens (including phenoxy) is 1. The topological polar surface area (TPSA) is 64.1 Å². The highest BCUT2D eigenvalue weighted by atomic mass is 35.5. The van der Waals surface area contributed by atoms with Gasteiger partial charge in [-0.2, -0.15) is 13.2 Å². The Bertz CT molecular complexity index is 1110. The first-order valence-electron chi connectivity index (χ1n) is 10.6. The standard InChI is InChI=1S/C25H25ClF3N3O2/c1-16(20(18-7-5-4-6-8-18)13-17-9-11-19(26)12-10-17)32-23(33)24(2,3)34-22-14-21(25(27,28)29)30-15-31-22/h4-12,14-16,20H,13H2,1-3H3,(H,32,33)/t16-,20-/m0/s1. The SMILES string of the molecule is C[C@H](NC(=O)C(C)(C)Oc1cc(C(F)(F)F)ncn1)[C@H](Cc1ccc(Cl)cc1)c1ccccc1. The van der Waals surface area contributed by atoms with Gasteiger partial charge in [0.25, 0.3) is 5.91 Å². The summed E-state index contributed by atoms with van der Waals surface area (Å²) >= 11 is 6.01. The minimum Gasteiger partial charge on any atom is -0.461 e. The highest BCUT2D eigenvalue weighted by Crippen LogP contribution is 2.30. The van der Waals surface area contributed by atoms with Crippen molar-refractivity contribution >= 4 is 17.5 Å². The van der Waals surface area contributed by atoms with E-state index in [0.29, 0.717) is 17.5 Å². The van der Waals surface area contributed by atoms with E-state index < -0.39 is 23.4 Å². The summed E-state index contributed by atoms with van der Waals surface area (Å²) in [5.74, 6) is -0.891. The van der Waals surface area contributed by atoms with Crippen LogP contribution in [0.3, 0.4) is 0 Å². The number of aromatic nitrogens is 2. The molecular formula is C25H25ClF3N3O2. The summed E-state index contributed by atoms with van der Waals surface area (Å²) in [5, 5.41) is 3.60. The number of nitrogens with zero attached hydrogens (tertiary/aromatic N) is 2. The van der Waals surface area contributed by atoms with Gasteiger partial charge in [0.05, 0.1) is 0 Å². The van der Waals surface area contributed by atoms with Gasteiger partial charge in [-0.1, -0.05) is 54.1 Å². The van der Waals surface area contributed by atoms with E-state index in [2.05, 4.69) is 15.3 Å². The molecule has 1 aromatic heterocycles. The Balaban J connectivity index is 1.76. The van der Waals surface area contributed by atoms with Gasteiger partial charge < -0.3 is 10.1 Å². The van der Waals surface area contributed by atoms with E-state index in [1.54, 1.807) is 0 Å². The lowest BCUT2D eigenvalue weighted by atomic mass is 9.86. The Morgan fingerprint density at radius 1 is 1.06 bits per heavy atom. The summed E-state index contributed by atoms with van der Waals surface area (Å²) < 4.78 is 44.4. The second-order valence-corrected chi connectivity index (χ2v) is 8.90. The fourth-order valence-electron chi connectivity index (χ4n) is 3.50. The maximum Gasteiger partial charge on any atom is 0.433 e. The zero-order valence-corrected chi connectivity index (χ0v) is 19.7. The molecule has 1 heterocycles. The molecule has 0 radical (unpaired) electrons. The molecular weight excluding hydrogens is 467 g/mol. The number of rotatable bonds is 8. The quantitative estimate of drug-likeness (QED) is 0.430. The molecule has 3 aromatic rings. The second-order valence-electron chi connectivity index (χ2n) is 8.46. The van der Waals surface area contributed by atoms with Crippen molar-refractivity contribution in [1.29, 1.82) is 0 Å². The van der Waals surface area contributed by atoms with Gasteiger partial charge in [-0.05, 0) is 50.5 Å². The van der Waals surface area contributed by atoms with Crippen molar-refractivity contribution in [2.24, 2.45) is 0 Å². The van der Waals surface area contributed by atoms with Crippen LogP contribution < -0.4 is 10.1 Å². The van der Waals surface area contributed by atoms with E-state index in [0.717, 1.165) is 17.5 Å². The molecule has 34 heavy (non-hydrogen) atoms. The number of hydrogen-bond donors (Lipinski definition) is 1. The Morgan fingerprint density at radius 3 is 2.32 bits per heavy atom. The first-order valence-corrected chi connectivity index (χ1v) is 11.0. The molecule has 0 unspecified atom stereocenters. The van der Waals surface area contributed by atoms with Crippen molar-refractivity contribution in [3.05, 3.63) is 88.8 Å². The van der Waals surface area contributed by atoms with Gasteiger partial charge in [0, 0.05) is 23.0 Å². The van der Waals surface area contributed by atoms with Crippen LogP contribution in [0, 0.1) is 0 Å². The van der Waals surface area contributed by atoms with E-state index in [1.165, 1.54) is 13.8 Å². The van der Waals surface area contributed by atoms with E-state index in [-0.39, 0.29) is 17.8 Å². The highest BCUT2D eigenvalue weighted by Gasteiger charge is 2.36. The van der Waals surface area contributed by atoms with Gasteiger partial charge >= 0.3 is 6.18 Å². The maximum absolute atomic E-state index is 13.1. The molecule has 0 spiro atoms. The average Bonchev–Trinajstić information content (AvgIpc) is 2.78. The molecule has 0 saturated heterocycles. The number of carbonyl (C=O) groups is 1. The molecule has 2 atom stereocenters. The monoisotopic (exact) mass is 491 g/mol. The Morgan fingerprint density at radius 2 is 1.71 bits per heavy atom. The van der Waals surface area contributed by atoms with Gasteiger partial charge in [0.2, 0.25) is 5.88 Å². The molecule has 0 aliphatic carbocycles. The van der Waals surface area contributed by atoms with E-state index in [4.69, 9.17) is 16.3 Å². The summed E-state index contributed by atoms with van der Waals surface area (Å²) in [7, 11) is 0. The lowest BCUT2D eigenvalue weighted by molar-refractivity contribution is -0.141. The number of amides is 1. The van der Waals surface area contributed by atoms with Crippen LogP contribution in [0.1, 0.15) is 43.5 Å². The van der Waals surface area contributed by atoms with Gasteiger partial charge in [-0.3, -0.25) is 4.79 Å². The minimum atomic E-state index is -4.65. The molecule has 2 aromatic carbocycles. The van der Waals surface area contributed by atoms with Crippen LogP contribution in [0.5, 0.6) is 5.88 Å². The normalized spacial score (nSPS) is 13.7. The molecule has 0 bridgehead atoms. The predicted molar refractivity (Wildman–Crippen MR) is 124 cm³/mol. The van der Waals surface area contributed by atoms with Crippen LogP contribution in [0.25, 0.3) is 0 Å². The van der Waals surface area contributed by atoms with E-state index >= 15 is 0 Å². The number of hydrogen-bond acceptors (Lipinski definition) is 4. The van der Waals surface area contributed by atoms with E-state index in [1.807, 2.05) is 61.5 Å². The molecule has 0 aliphatic heterocycles. The lowest BCUT2D eigenvalue weighted by Gasteiger charge is -2.30. The fourth-order valence-corrected chi connectivity index (χ4v) is 3.62.